The van der Waals surface area contributed by atoms with E-state index in [9.17, 15) is 13.2 Å². The van der Waals surface area contributed by atoms with Crippen molar-refractivity contribution in [2.75, 3.05) is 6.26 Å². The van der Waals surface area contributed by atoms with E-state index in [-0.39, 0.29) is 16.7 Å². The molecule has 2 atom stereocenters. The fraction of sp³-hybridized carbons (Fsp3) is 0.500. The van der Waals surface area contributed by atoms with Crippen LogP contribution in [0.4, 0.5) is 0 Å². The number of carbonyl (C=O) groups is 1. The maximum absolute atomic E-state index is 11.8. The average molecular weight is 298 g/mol. The van der Waals surface area contributed by atoms with Gasteiger partial charge in [0, 0.05) is 12.8 Å². The first-order valence-electron chi connectivity index (χ1n) is 6.58. The molecule has 0 spiro atoms. The fourth-order valence-electron chi connectivity index (χ4n) is 1.67. The second kappa shape index (κ2) is 6.85. The van der Waals surface area contributed by atoms with Crippen LogP contribution >= 0.6 is 0 Å². The topological polar surface area (TPSA) is 89.3 Å². The molecule has 0 bridgehead atoms. The van der Waals surface area contributed by atoms with Gasteiger partial charge in [0.15, 0.2) is 9.84 Å². The van der Waals surface area contributed by atoms with E-state index in [1.807, 2.05) is 13.8 Å². The predicted molar refractivity (Wildman–Crippen MR) is 78.8 cm³/mol. The molecule has 5 nitrogen and oxygen atoms in total. The number of rotatable bonds is 6. The summed E-state index contributed by atoms with van der Waals surface area (Å²) in [7, 11) is -3.19. The standard InChI is InChI=1S/C14H22N2O3S/c1-4-10(2)13(15)14(17)16-9-11-5-7-12(8-6-11)20(3,18)19/h5-8,10,13H,4,9,15H2,1-3H3,(H,16,17)/t10-,13-/m0/s1. The van der Waals surface area contributed by atoms with Gasteiger partial charge in [-0.3, -0.25) is 4.79 Å². The molecule has 0 saturated heterocycles. The molecule has 0 unspecified atom stereocenters. The molecule has 0 heterocycles. The van der Waals surface area contributed by atoms with Crippen molar-refractivity contribution in [3.63, 3.8) is 0 Å². The van der Waals surface area contributed by atoms with Gasteiger partial charge in [0.2, 0.25) is 5.91 Å². The number of hydrogen-bond acceptors (Lipinski definition) is 4. The van der Waals surface area contributed by atoms with E-state index < -0.39 is 15.9 Å². The van der Waals surface area contributed by atoms with Crippen molar-refractivity contribution in [1.29, 1.82) is 0 Å². The van der Waals surface area contributed by atoms with E-state index in [0.29, 0.717) is 6.54 Å². The fourth-order valence-corrected chi connectivity index (χ4v) is 2.30. The van der Waals surface area contributed by atoms with E-state index >= 15 is 0 Å². The second-order valence-corrected chi connectivity index (χ2v) is 7.06. The van der Waals surface area contributed by atoms with E-state index in [1.54, 1.807) is 12.1 Å². The second-order valence-electron chi connectivity index (χ2n) is 5.05. The first kappa shape index (κ1) is 16.7. The van der Waals surface area contributed by atoms with Crippen molar-refractivity contribution < 1.29 is 13.2 Å². The first-order valence-corrected chi connectivity index (χ1v) is 8.47. The molecule has 1 amide bonds. The Balaban J connectivity index is 2.61. The Hall–Kier alpha value is -1.40. The number of amides is 1. The predicted octanol–water partition coefficient (Wildman–Crippen LogP) is 1.08. The Kier molecular flexibility index (Phi) is 5.71. The molecule has 1 rings (SSSR count). The maximum Gasteiger partial charge on any atom is 0.237 e. The molecule has 0 fully saturated rings. The first-order chi connectivity index (χ1) is 9.25. The summed E-state index contributed by atoms with van der Waals surface area (Å²) < 4.78 is 22.6. The number of carbonyl (C=O) groups excluding carboxylic acids is 1. The lowest BCUT2D eigenvalue weighted by molar-refractivity contribution is -0.123. The molecular formula is C14H22N2O3S. The van der Waals surface area contributed by atoms with E-state index in [4.69, 9.17) is 5.73 Å². The van der Waals surface area contributed by atoms with Crippen molar-refractivity contribution in [2.24, 2.45) is 11.7 Å². The van der Waals surface area contributed by atoms with Gasteiger partial charge in [-0.05, 0) is 23.6 Å². The van der Waals surface area contributed by atoms with E-state index in [2.05, 4.69) is 5.32 Å². The lowest BCUT2D eigenvalue weighted by atomic mass is 9.99. The van der Waals surface area contributed by atoms with E-state index in [0.717, 1.165) is 18.2 Å². The van der Waals surface area contributed by atoms with Gasteiger partial charge in [-0.1, -0.05) is 32.4 Å². The van der Waals surface area contributed by atoms with Gasteiger partial charge in [-0.15, -0.1) is 0 Å². The Labute approximate surface area is 120 Å². The van der Waals surface area contributed by atoms with Gasteiger partial charge in [0.05, 0.1) is 10.9 Å². The summed E-state index contributed by atoms with van der Waals surface area (Å²) >= 11 is 0. The van der Waals surface area contributed by atoms with Gasteiger partial charge < -0.3 is 11.1 Å². The molecule has 3 N–H and O–H groups in total. The quantitative estimate of drug-likeness (QED) is 0.822. The zero-order valence-electron chi connectivity index (χ0n) is 12.1. The van der Waals surface area contributed by atoms with Crippen LogP contribution < -0.4 is 11.1 Å². The molecule has 0 aliphatic heterocycles. The summed E-state index contributed by atoms with van der Waals surface area (Å²) in [4.78, 5) is 12.1. The van der Waals surface area contributed by atoms with Crippen LogP contribution in [0, 0.1) is 5.92 Å². The number of nitrogens with one attached hydrogen (secondary N) is 1. The van der Waals surface area contributed by atoms with Crippen LogP contribution in [0.2, 0.25) is 0 Å². The van der Waals surface area contributed by atoms with E-state index in [1.165, 1.54) is 12.1 Å². The average Bonchev–Trinajstić information content (AvgIpc) is 2.42. The van der Waals surface area contributed by atoms with Crippen LogP contribution in [0.5, 0.6) is 0 Å². The Bertz CT molecular complexity index is 552. The summed E-state index contributed by atoms with van der Waals surface area (Å²) in [6, 6.07) is 5.92. The lowest BCUT2D eigenvalue weighted by Crippen LogP contribution is -2.44. The lowest BCUT2D eigenvalue weighted by Gasteiger charge is -2.17. The number of benzene rings is 1. The van der Waals surface area contributed by atoms with Crippen LogP contribution in [0.25, 0.3) is 0 Å². The highest BCUT2D eigenvalue weighted by molar-refractivity contribution is 7.90. The summed E-state index contributed by atoms with van der Waals surface area (Å²) in [5.74, 6) is -0.0610. The third-order valence-electron chi connectivity index (χ3n) is 3.38. The highest BCUT2D eigenvalue weighted by Crippen LogP contribution is 2.10. The number of nitrogens with two attached hydrogens (primary N) is 1. The van der Waals surface area contributed by atoms with Gasteiger partial charge in [0.1, 0.15) is 0 Å². The van der Waals surface area contributed by atoms with Crippen LogP contribution in [0.3, 0.4) is 0 Å². The number of hydrogen-bond donors (Lipinski definition) is 2. The van der Waals surface area contributed by atoms with Crippen LogP contribution in [-0.2, 0) is 21.2 Å². The van der Waals surface area contributed by atoms with Crippen molar-refractivity contribution in [2.45, 2.75) is 37.8 Å². The normalized spacial score (nSPS) is 14.6. The maximum atomic E-state index is 11.8. The molecule has 0 aliphatic rings. The van der Waals surface area contributed by atoms with Crippen LogP contribution in [0.1, 0.15) is 25.8 Å². The molecule has 112 valence electrons. The highest BCUT2D eigenvalue weighted by atomic mass is 32.2. The SMILES string of the molecule is CC[C@H](C)[C@H](N)C(=O)NCc1ccc(S(C)(=O)=O)cc1. The smallest absolute Gasteiger partial charge is 0.237 e. The zero-order valence-corrected chi connectivity index (χ0v) is 12.9. The molecule has 1 aromatic carbocycles. The van der Waals surface area contributed by atoms with Crippen LogP contribution in [0.15, 0.2) is 29.2 Å². The monoisotopic (exact) mass is 298 g/mol. The number of sulfone groups is 1. The van der Waals surface area contributed by atoms with Gasteiger partial charge in [0.25, 0.3) is 0 Å². The van der Waals surface area contributed by atoms with Crippen molar-refractivity contribution >= 4 is 15.7 Å². The highest BCUT2D eigenvalue weighted by Gasteiger charge is 2.18. The summed E-state index contributed by atoms with van der Waals surface area (Å²) in [6.45, 7) is 4.26. The molecule has 0 aliphatic carbocycles. The molecule has 0 aromatic heterocycles. The molecule has 20 heavy (non-hydrogen) atoms. The summed E-state index contributed by atoms with van der Waals surface area (Å²) in [5.41, 5.74) is 6.66. The largest absolute Gasteiger partial charge is 0.351 e. The third-order valence-corrected chi connectivity index (χ3v) is 4.51. The summed E-state index contributed by atoms with van der Waals surface area (Å²) in [6.07, 6.45) is 2.01. The van der Waals surface area contributed by atoms with Gasteiger partial charge in [-0.25, -0.2) is 8.42 Å². The molecular weight excluding hydrogens is 276 g/mol. The van der Waals surface area contributed by atoms with Gasteiger partial charge >= 0.3 is 0 Å². The third kappa shape index (κ3) is 4.61. The molecule has 0 radical (unpaired) electrons. The Morgan fingerprint density at radius 2 is 1.85 bits per heavy atom. The minimum Gasteiger partial charge on any atom is -0.351 e. The summed E-state index contributed by atoms with van der Waals surface area (Å²) in [5, 5.41) is 2.76. The molecule has 0 saturated carbocycles. The van der Waals surface area contributed by atoms with Gasteiger partial charge in [-0.2, -0.15) is 0 Å². The van der Waals surface area contributed by atoms with Crippen molar-refractivity contribution in [1.82, 2.24) is 5.32 Å². The minimum absolute atomic E-state index is 0.127. The zero-order chi connectivity index (χ0) is 15.3. The Morgan fingerprint density at radius 3 is 2.30 bits per heavy atom. The van der Waals surface area contributed by atoms with Crippen molar-refractivity contribution in [3.8, 4) is 0 Å². The van der Waals surface area contributed by atoms with Crippen LogP contribution in [-0.4, -0.2) is 26.6 Å². The Morgan fingerprint density at radius 1 is 1.30 bits per heavy atom. The minimum atomic E-state index is -3.19. The molecule has 6 heteroatoms. The molecule has 1 aromatic rings. The van der Waals surface area contributed by atoms with Crippen molar-refractivity contribution in [3.05, 3.63) is 29.8 Å².